The quantitative estimate of drug-likeness (QED) is 0.580. The SMILES string of the molecule is COc1cccc(-n2nnc(C(=O)NCc3cccc(NC(=O)CC(C)C)c3)c2C)c1. The van der Waals surface area contributed by atoms with Gasteiger partial charge in [0, 0.05) is 24.7 Å². The van der Waals surface area contributed by atoms with Gasteiger partial charge in [-0.25, -0.2) is 4.68 Å². The second-order valence-electron chi connectivity index (χ2n) is 7.67. The summed E-state index contributed by atoms with van der Waals surface area (Å²) in [5, 5.41) is 13.9. The van der Waals surface area contributed by atoms with Crippen LogP contribution in [0.5, 0.6) is 5.75 Å². The molecule has 2 aromatic carbocycles. The Kier molecular flexibility index (Phi) is 7.02. The second-order valence-corrected chi connectivity index (χ2v) is 7.67. The van der Waals surface area contributed by atoms with Crippen molar-refractivity contribution in [2.24, 2.45) is 5.92 Å². The third kappa shape index (κ3) is 5.69. The molecule has 0 aliphatic rings. The van der Waals surface area contributed by atoms with Gasteiger partial charge in [0.15, 0.2) is 5.69 Å². The van der Waals surface area contributed by atoms with Crippen LogP contribution >= 0.6 is 0 Å². The highest BCUT2D eigenvalue weighted by atomic mass is 16.5. The van der Waals surface area contributed by atoms with Crippen LogP contribution in [0.3, 0.4) is 0 Å². The molecule has 2 N–H and O–H groups in total. The average molecular weight is 422 g/mol. The van der Waals surface area contributed by atoms with Gasteiger partial charge in [0.05, 0.1) is 18.5 Å². The van der Waals surface area contributed by atoms with E-state index in [-0.39, 0.29) is 23.4 Å². The summed E-state index contributed by atoms with van der Waals surface area (Å²) >= 11 is 0. The number of carbonyl (C=O) groups excluding carboxylic acids is 2. The lowest BCUT2D eigenvalue weighted by Gasteiger charge is -2.09. The summed E-state index contributed by atoms with van der Waals surface area (Å²) in [6.07, 6.45) is 0.461. The van der Waals surface area contributed by atoms with Crippen molar-refractivity contribution in [2.75, 3.05) is 12.4 Å². The van der Waals surface area contributed by atoms with E-state index >= 15 is 0 Å². The van der Waals surface area contributed by atoms with Gasteiger partial charge in [-0.15, -0.1) is 5.10 Å². The van der Waals surface area contributed by atoms with Gasteiger partial charge in [0.1, 0.15) is 5.75 Å². The van der Waals surface area contributed by atoms with Crippen molar-refractivity contribution in [1.82, 2.24) is 20.3 Å². The summed E-state index contributed by atoms with van der Waals surface area (Å²) in [5.74, 6) is 0.636. The Bertz CT molecular complexity index is 1070. The first-order chi connectivity index (χ1) is 14.9. The van der Waals surface area contributed by atoms with Gasteiger partial charge < -0.3 is 15.4 Å². The molecule has 0 bridgehead atoms. The number of amides is 2. The third-order valence-electron chi connectivity index (χ3n) is 4.66. The molecule has 8 nitrogen and oxygen atoms in total. The van der Waals surface area contributed by atoms with Crippen LogP contribution in [0.4, 0.5) is 5.69 Å². The number of hydrogen-bond acceptors (Lipinski definition) is 5. The van der Waals surface area contributed by atoms with Gasteiger partial charge in [0.25, 0.3) is 5.91 Å². The molecular weight excluding hydrogens is 394 g/mol. The highest BCUT2D eigenvalue weighted by Crippen LogP contribution is 2.18. The molecule has 2 amide bonds. The molecule has 0 saturated carbocycles. The first kappa shape index (κ1) is 22.0. The molecule has 0 fully saturated rings. The Morgan fingerprint density at radius 3 is 2.65 bits per heavy atom. The number of methoxy groups -OCH3 is 1. The predicted octanol–water partition coefficient (Wildman–Crippen LogP) is 3.50. The Hall–Kier alpha value is -3.68. The molecule has 8 heteroatoms. The van der Waals surface area contributed by atoms with Crippen LogP contribution in [-0.4, -0.2) is 33.9 Å². The van der Waals surface area contributed by atoms with Crippen molar-refractivity contribution >= 4 is 17.5 Å². The third-order valence-corrected chi connectivity index (χ3v) is 4.66. The van der Waals surface area contributed by atoms with E-state index in [2.05, 4.69) is 20.9 Å². The molecule has 3 aromatic rings. The summed E-state index contributed by atoms with van der Waals surface area (Å²) in [7, 11) is 1.59. The van der Waals surface area contributed by atoms with Crippen LogP contribution in [-0.2, 0) is 11.3 Å². The number of aromatic nitrogens is 3. The number of rotatable bonds is 8. The maximum atomic E-state index is 12.7. The van der Waals surface area contributed by atoms with Crippen LogP contribution in [0.2, 0.25) is 0 Å². The van der Waals surface area contributed by atoms with Gasteiger partial charge in [0.2, 0.25) is 5.91 Å². The first-order valence-corrected chi connectivity index (χ1v) is 10.1. The van der Waals surface area contributed by atoms with Gasteiger partial charge in [-0.2, -0.15) is 0 Å². The highest BCUT2D eigenvalue weighted by molar-refractivity contribution is 5.93. The lowest BCUT2D eigenvalue weighted by Crippen LogP contribution is -2.24. The van der Waals surface area contributed by atoms with E-state index in [1.165, 1.54) is 0 Å². The molecule has 0 unspecified atom stereocenters. The average Bonchev–Trinajstić information content (AvgIpc) is 3.13. The normalized spacial score (nSPS) is 10.7. The summed E-state index contributed by atoms with van der Waals surface area (Å²) in [6, 6.07) is 14.8. The summed E-state index contributed by atoms with van der Waals surface area (Å²) in [6.45, 7) is 6.09. The molecular formula is C23H27N5O3. The minimum absolute atomic E-state index is 0.0269. The van der Waals surface area contributed by atoms with Crippen LogP contribution in [0.1, 0.15) is 42.0 Å². The summed E-state index contributed by atoms with van der Waals surface area (Å²) in [5.41, 5.74) is 3.21. The second kappa shape index (κ2) is 9.88. The number of anilines is 1. The zero-order chi connectivity index (χ0) is 22.4. The van der Waals surface area contributed by atoms with Crippen molar-refractivity contribution in [3.8, 4) is 11.4 Å². The van der Waals surface area contributed by atoms with Crippen molar-refractivity contribution in [3.05, 3.63) is 65.5 Å². The molecule has 31 heavy (non-hydrogen) atoms. The van der Waals surface area contributed by atoms with Crippen LogP contribution in [0.25, 0.3) is 5.69 Å². The number of hydrogen-bond donors (Lipinski definition) is 2. The summed E-state index contributed by atoms with van der Waals surface area (Å²) < 4.78 is 6.84. The van der Waals surface area contributed by atoms with E-state index in [1.807, 2.05) is 62.4 Å². The van der Waals surface area contributed by atoms with E-state index in [9.17, 15) is 9.59 Å². The fourth-order valence-corrected chi connectivity index (χ4v) is 3.13. The Labute approximate surface area is 181 Å². The molecule has 0 radical (unpaired) electrons. The topological polar surface area (TPSA) is 98.1 Å². The standard InChI is InChI=1S/C23H27N5O3/c1-15(2)11-21(29)25-18-8-5-7-17(12-18)14-24-23(30)22-16(3)28(27-26-22)19-9-6-10-20(13-19)31-4/h5-10,12-13,15H,11,14H2,1-4H3,(H,24,30)(H,25,29). The summed E-state index contributed by atoms with van der Waals surface area (Å²) in [4.78, 5) is 24.6. The highest BCUT2D eigenvalue weighted by Gasteiger charge is 2.17. The van der Waals surface area contributed by atoms with E-state index in [0.717, 1.165) is 11.3 Å². The number of carbonyl (C=O) groups is 2. The fraction of sp³-hybridized carbons (Fsp3) is 0.304. The maximum absolute atomic E-state index is 12.7. The maximum Gasteiger partial charge on any atom is 0.274 e. The minimum atomic E-state index is -0.319. The van der Waals surface area contributed by atoms with Crippen LogP contribution in [0, 0.1) is 12.8 Å². The van der Waals surface area contributed by atoms with Crippen molar-refractivity contribution < 1.29 is 14.3 Å². The largest absolute Gasteiger partial charge is 0.497 e. The zero-order valence-corrected chi connectivity index (χ0v) is 18.2. The van der Waals surface area contributed by atoms with E-state index in [4.69, 9.17) is 4.74 Å². The molecule has 1 heterocycles. The number of ether oxygens (including phenoxy) is 1. The van der Waals surface area contributed by atoms with Gasteiger partial charge >= 0.3 is 0 Å². The fourth-order valence-electron chi connectivity index (χ4n) is 3.13. The lowest BCUT2D eigenvalue weighted by atomic mass is 10.1. The lowest BCUT2D eigenvalue weighted by molar-refractivity contribution is -0.116. The molecule has 0 saturated heterocycles. The van der Waals surface area contributed by atoms with E-state index in [0.29, 0.717) is 30.1 Å². The molecule has 0 spiro atoms. The van der Waals surface area contributed by atoms with Crippen LogP contribution in [0.15, 0.2) is 48.5 Å². The monoisotopic (exact) mass is 421 g/mol. The Balaban J connectivity index is 1.66. The predicted molar refractivity (Wildman–Crippen MR) is 118 cm³/mol. The van der Waals surface area contributed by atoms with Crippen molar-refractivity contribution in [1.29, 1.82) is 0 Å². The first-order valence-electron chi connectivity index (χ1n) is 10.1. The van der Waals surface area contributed by atoms with Crippen molar-refractivity contribution in [2.45, 2.75) is 33.7 Å². The van der Waals surface area contributed by atoms with E-state index < -0.39 is 0 Å². The molecule has 0 aliphatic carbocycles. The Morgan fingerprint density at radius 2 is 1.90 bits per heavy atom. The number of nitrogens with zero attached hydrogens (tertiary/aromatic N) is 3. The minimum Gasteiger partial charge on any atom is -0.497 e. The molecule has 0 atom stereocenters. The molecule has 1 aromatic heterocycles. The van der Waals surface area contributed by atoms with Gasteiger partial charge in [-0.05, 0) is 42.7 Å². The van der Waals surface area contributed by atoms with Gasteiger partial charge in [-0.1, -0.05) is 37.3 Å². The smallest absolute Gasteiger partial charge is 0.274 e. The molecule has 162 valence electrons. The van der Waals surface area contributed by atoms with Gasteiger partial charge in [-0.3, -0.25) is 9.59 Å². The van der Waals surface area contributed by atoms with E-state index in [1.54, 1.807) is 18.7 Å². The molecule has 0 aliphatic heterocycles. The zero-order valence-electron chi connectivity index (χ0n) is 18.2. The molecule has 3 rings (SSSR count). The van der Waals surface area contributed by atoms with Crippen LogP contribution < -0.4 is 15.4 Å². The van der Waals surface area contributed by atoms with Crippen molar-refractivity contribution in [3.63, 3.8) is 0 Å². The number of benzene rings is 2. The number of nitrogens with one attached hydrogen (secondary N) is 2. The Morgan fingerprint density at radius 1 is 1.13 bits per heavy atom.